The Balaban J connectivity index is 2.09. The molecule has 0 aromatic carbocycles. The van der Waals surface area contributed by atoms with Crippen LogP contribution in [0.1, 0.15) is 24.3 Å². The number of hydrogen-bond acceptors (Lipinski definition) is 6. The molecule has 0 spiro atoms. The molecular weight excluding hydrogens is 290 g/mol. The summed E-state index contributed by atoms with van der Waals surface area (Å²) >= 11 is 3.22. The standard InChI is InChI=1S/C14H17N3OS2/c1-4-5-19-13-16-11(15)10-8-6-14(2,3)18-7-9(8)20-12(10)17-13/h4H,1,5-7H2,2-3H3,(H2,15,16,17). The number of thioether (sulfide) groups is 1. The first kappa shape index (κ1) is 13.9. The van der Waals surface area contributed by atoms with Crippen LogP contribution >= 0.6 is 23.1 Å². The lowest BCUT2D eigenvalue weighted by molar-refractivity contribution is -0.0379. The summed E-state index contributed by atoms with van der Waals surface area (Å²) in [5.74, 6) is 1.36. The van der Waals surface area contributed by atoms with Crippen molar-refractivity contribution in [3.8, 4) is 0 Å². The smallest absolute Gasteiger partial charge is 0.191 e. The second kappa shape index (κ2) is 5.02. The third-order valence-corrected chi connectivity index (χ3v) is 5.21. The molecule has 0 fully saturated rings. The maximum Gasteiger partial charge on any atom is 0.191 e. The van der Waals surface area contributed by atoms with Crippen molar-refractivity contribution in [2.24, 2.45) is 0 Å². The van der Waals surface area contributed by atoms with Gasteiger partial charge in [-0.2, -0.15) is 0 Å². The Kier molecular flexibility index (Phi) is 3.48. The summed E-state index contributed by atoms with van der Waals surface area (Å²) in [5.41, 5.74) is 7.28. The number of ether oxygens (including phenoxy) is 1. The summed E-state index contributed by atoms with van der Waals surface area (Å²) < 4.78 is 5.86. The van der Waals surface area contributed by atoms with Crippen LogP contribution in [0.3, 0.4) is 0 Å². The molecule has 20 heavy (non-hydrogen) atoms. The van der Waals surface area contributed by atoms with Gasteiger partial charge in [0.25, 0.3) is 0 Å². The number of hydrogen-bond donors (Lipinski definition) is 1. The Hall–Kier alpha value is -1.11. The summed E-state index contributed by atoms with van der Waals surface area (Å²) in [4.78, 5) is 11.2. The second-order valence-electron chi connectivity index (χ2n) is 5.40. The number of fused-ring (bicyclic) bond motifs is 3. The lowest BCUT2D eigenvalue weighted by Gasteiger charge is -2.30. The highest BCUT2D eigenvalue weighted by atomic mass is 32.2. The van der Waals surface area contributed by atoms with Gasteiger partial charge in [0.05, 0.1) is 17.6 Å². The first-order chi connectivity index (χ1) is 9.50. The van der Waals surface area contributed by atoms with Crippen LogP contribution in [-0.2, 0) is 17.8 Å². The molecule has 3 rings (SSSR count). The van der Waals surface area contributed by atoms with Crippen molar-refractivity contribution in [3.63, 3.8) is 0 Å². The SMILES string of the molecule is C=CCSc1nc(N)c2c3c(sc2n1)COC(C)(C)C3. The summed E-state index contributed by atoms with van der Waals surface area (Å²) in [6.07, 6.45) is 2.69. The minimum Gasteiger partial charge on any atom is -0.383 e. The van der Waals surface area contributed by atoms with Crippen molar-refractivity contribution in [2.75, 3.05) is 11.5 Å². The number of rotatable bonds is 3. The van der Waals surface area contributed by atoms with Crippen LogP contribution in [0.2, 0.25) is 0 Å². The van der Waals surface area contributed by atoms with Gasteiger partial charge in [-0.15, -0.1) is 17.9 Å². The van der Waals surface area contributed by atoms with Gasteiger partial charge in [-0.05, 0) is 19.4 Å². The Morgan fingerprint density at radius 3 is 3.05 bits per heavy atom. The molecule has 3 heterocycles. The molecule has 1 aliphatic rings. The first-order valence-electron chi connectivity index (χ1n) is 6.45. The normalized spacial score (nSPS) is 17.1. The minimum absolute atomic E-state index is 0.149. The largest absolute Gasteiger partial charge is 0.383 e. The Morgan fingerprint density at radius 2 is 2.30 bits per heavy atom. The number of anilines is 1. The van der Waals surface area contributed by atoms with E-state index in [-0.39, 0.29) is 5.60 Å². The Labute approximate surface area is 126 Å². The summed E-state index contributed by atoms with van der Waals surface area (Å²) in [7, 11) is 0. The quantitative estimate of drug-likeness (QED) is 0.535. The fourth-order valence-corrected chi connectivity index (χ4v) is 4.10. The molecule has 0 bridgehead atoms. The fraction of sp³-hybridized carbons (Fsp3) is 0.429. The molecular formula is C14H17N3OS2. The number of aromatic nitrogens is 2. The molecule has 4 nitrogen and oxygen atoms in total. The van der Waals surface area contributed by atoms with E-state index in [1.54, 1.807) is 23.1 Å². The van der Waals surface area contributed by atoms with E-state index < -0.39 is 0 Å². The highest BCUT2D eigenvalue weighted by Gasteiger charge is 2.30. The van der Waals surface area contributed by atoms with E-state index >= 15 is 0 Å². The Morgan fingerprint density at radius 1 is 1.50 bits per heavy atom. The van der Waals surface area contributed by atoms with Crippen molar-refractivity contribution >= 4 is 39.1 Å². The van der Waals surface area contributed by atoms with Crippen LogP contribution in [0.25, 0.3) is 10.2 Å². The van der Waals surface area contributed by atoms with E-state index in [2.05, 4.69) is 30.4 Å². The molecule has 0 aliphatic carbocycles. The molecule has 0 unspecified atom stereocenters. The molecule has 0 saturated heterocycles. The number of nitrogens with two attached hydrogens (primary N) is 1. The molecule has 2 aromatic rings. The van der Waals surface area contributed by atoms with Crippen LogP contribution in [0.15, 0.2) is 17.8 Å². The average molecular weight is 307 g/mol. The van der Waals surface area contributed by atoms with Crippen LogP contribution in [0, 0.1) is 0 Å². The maximum atomic E-state index is 6.16. The number of nitrogen functional groups attached to an aromatic ring is 1. The predicted molar refractivity (Wildman–Crippen MR) is 85.3 cm³/mol. The van der Waals surface area contributed by atoms with Gasteiger partial charge in [-0.1, -0.05) is 17.8 Å². The summed E-state index contributed by atoms with van der Waals surface area (Å²) in [5, 5.41) is 1.73. The van der Waals surface area contributed by atoms with Crippen molar-refractivity contribution < 1.29 is 4.74 Å². The second-order valence-corrected chi connectivity index (χ2v) is 7.47. The molecule has 1 aliphatic heterocycles. The molecule has 0 radical (unpaired) electrons. The monoisotopic (exact) mass is 307 g/mol. The zero-order valence-electron chi connectivity index (χ0n) is 11.6. The van der Waals surface area contributed by atoms with Gasteiger partial charge in [-0.25, -0.2) is 9.97 Å². The van der Waals surface area contributed by atoms with Gasteiger partial charge in [0.15, 0.2) is 5.16 Å². The number of thiophene rings is 1. The minimum atomic E-state index is -0.149. The third-order valence-electron chi connectivity index (χ3n) is 3.27. The third kappa shape index (κ3) is 2.43. The van der Waals surface area contributed by atoms with E-state index in [4.69, 9.17) is 10.5 Å². The van der Waals surface area contributed by atoms with Gasteiger partial charge in [0, 0.05) is 17.1 Å². The van der Waals surface area contributed by atoms with Gasteiger partial charge >= 0.3 is 0 Å². The molecule has 0 saturated carbocycles. The lowest BCUT2D eigenvalue weighted by atomic mass is 9.94. The predicted octanol–water partition coefficient (Wildman–Crippen LogP) is 3.40. The molecule has 2 N–H and O–H groups in total. The van der Waals surface area contributed by atoms with Crippen LogP contribution < -0.4 is 5.73 Å². The van der Waals surface area contributed by atoms with E-state index in [0.717, 1.165) is 22.4 Å². The van der Waals surface area contributed by atoms with Crippen molar-refractivity contribution in [1.29, 1.82) is 0 Å². The van der Waals surface area contributed by atoms with Crippen molar-refractivity contribution in [2.45, 2.75) is 37.6 Å². The summed E-state index contributed by atoms with van der Waals surface area (Å²) in [6, 6.07) is 0. The van der Waals surface area contributed by atoms with E-state index in [0.29, 0.717) is 17.6 Å². The lowest BCUT2D eigenvalue weighted by Crippen LogP contribution is -2.31. The van der Waals surface area contributed by atoms with Gasteiger partial charge < -0.3 is 10.5 Å². The average Bonchev–Trinajstić information content (AvgIpc) is 2.73. The molecule has 0 atom stereocenters. The molecule has 0 amide bonds. The fourth-order valence-electron chi connectivity index (χ4n) is 2.35. The molecule has 2 aromatic heterocycles. The van der Waals surface area contributed by atoms with E-state index in [1.165, 1.54) is 10.4 Å². The zero-order chi connectivity index (χ0) is 14.3. The van der Waals surface area contributed by atoms with Crippen LogP contribution in [-0.4, -0.2) is 21.3 Å². The number of nitrogens with zero attached hydrogens (tertiary/aromatic N) is 2. The van der Waals surface area contributed by atoms with E-state index in [9.17, 15) is 0 Å². The molecule has 106 valence electrons. The first-order valence-corrected chi connectivity index (χ1v) is 8.26. The highest BCUT2D eigenvalue weighted by molar-refractivity contribution is 7.99. The summed E-state index contributed by atoms with van der Waals surface area (Å²) in [6.45, 7) is 8.55. The topological polar surface area (TPSA) is 61.0 Å². The zero-order valence-corrected chi connectivity index (χ0v) is 13.2. The Bertz CT molecular complexity index is 679. The van der Waals surface area contributed by atoms with Crippen LogP contribution in [0.5, 0.6) is 0 Å². The van der Waals surface area contributed by atoms with E-state index in [1.807, 2.05) is 6.08 Å². The van der Waals surface area contributed by atoms with Crippen LogP contribution in [0.4, 0.5) is 5.82 Å². The van der Waals surface area contributed by atoms with Gasteiger partial charge in [-0.3, -0.25) is 0 Å². The van der Waals surface area contributed by atoms with Gasteiger partial charge in [0.1, 0.15) is 10.6 Å². The van der Waals surface area contributed by atoms with Crippen molar-refractivity contribution in [3.05, 3.63) is 23.1 Å². The maximum absolute atomic E-state index is 6.16. The highest BCUT2D eigenvalue weighted by Crippen LogP contribution is 2.40. The van der Waals surface area contributed by atoms with Crippen molar-refractivity contribution in [1.82, 2.24) is 9.97 Å². The van der Waals surface area contributed by atoms with Gasteiger partial charge in [0.2, 0.25) is 0 Å². The molecule has 6 heteroatoms.